The van der Waals surface area contributed by atoms with Crippen LogP contribution in [-0.4, -0.2) is 41.5 Å². The monoisotopic (exact) mass is 373 g/mol. The second-order valence-electron chi connectivity index (χ2n) is 6.64. The summed E-state index contributed by atoms with van der Waals surface area (Å²) in [5.74, 6) is 0.659. The fourth-order valence-corrected chi connectivity index (χ4v) is 4.67. The summed E-state index contributed by atoms with van der Waals surface area (Å²) in [6, 6.07) is 11.8. The Morgan fingerprint density at radius 3 is 2.60 bits per heavy atom. The van der Waals surface area contributed by atoms with Crippen LogP contribution in [0.25, 0.3) is 0 Å². The molecule has 3 aliphatic rings. The third-order valence-corrected chi connectivity index (χ3v) is 6.51. The molecule has 4 heterocycles. The Kier molecular flexibility index (Phi) is 4.97. The highest BCUT2D eigenvalue weighted by atomic mass is 35.5. The van der Waals surface area contributed by atoms with Gasteiger partial charge in [-0.15, -0.1) is 0 Å². The van der Waals surface area contributed by atoms with Crippen molar-refractivity contribution in [1.82, 2.24) is 15.2 Å². The van der Waals surface area contributed by atoms with E-state index in [1.54, 1.807) is 18.0 Å². The second kappa shape index (κ2) is 7.36. The van der Waals surface area contributed by atoms with E-state index in [0.29, 0.717) is 22.7 Å². The van der Waals surface area contributed by atoms with Gasteiger partial charge in [0.05, 0.1) is 0 Å². The van der Waals surface area contributed by atoms with Gasteiger partial charge in [-0.05, 0) is 68.2 Å². The summed E-state index contributed by atoms with van der Waals surface area (Å²) in [6.07, 6.45) is 4.08. The molecule has 130 valence electrons. The predicted octanol–water partition coefficient (Wildman–Crippen LogP) is 3.71. The molecule has 1 amide bonds. The molecule has 6 heteroatoms. The lowest BCUT2D eigenvalue weighted by Crippen LogP contribution is -2.57. The molecule has 4 nitrogen and oxygen atoms in total. The van der Waals surface area contributed by atoms with E-state index >= 15 is 0 Å². The molecule has 1 aromatic heterocycles. The van der Waals surface area contributed by atoms with Crippen LogP contribution < -0.4 is 5.32 Å². The molecule has 2 aromatic rings. The summed E-state index contributed by atoms with van der Waals surface area (Å²) in [4.78, 5) is 21.0. The van der Waals surface area contributed by atoms with Gasteiger partial charge in [-0.1, -0.05) is 23.4 Å². The lowest BCUT2D eigenvalue weighted by Gasteiger charge is -2.44. The number of hydrogen-bond donors (Lipinski definition) is 1. The molecule has 25 heavy (non-hydrogen) atoms. The van der Waals surface area contributed by atoms with Crippen LogP contribution in [0.15, 0.2) is 52.4 Å². The fraction of sp³-hybridized carbons (Fsp3) is 0.368. The van der Waals surface area contributed by atoms with Crippen molar-refractivity contribution in [3.05, 3.63) is 53.3 Å². The number of pyridine rings is 1. The van der Waals surface area contributed by atoms with Crippen LogP contribution in [-0.2, 0) is 0 Å². The van der Waals surface area contributed by atoms with Gasteiger partial charge in [-0.2, -0.15) is 0 Å². The lowest BCUT2D eigenvalue weighted by atomic mass is 9.84. The van der Waals surface area contributed by atoms with Crippen molar-refractivity contribution in [1.29, 1.82) is 0 Å². The number of halogens is 1. The van der Waals surface area contributed by atoms with E-state index in [2.05, 4.69) is 15.2 Å². The summed E-state index contributed by atoms with van der Waals surface area (Å²) in [7, 11) is 0. The van der Waals surface area contributed by atoms with Crippen molar-refractivity contribution in [2.45, 2.75) is 28.7 Å². The van der Waals surface area contributed by atoms with Gasteiger partial charge >= 0.3 is 0 Å². The maximum absolute atomic E-state index is 12.5. The Bertz CT molecular complexity index is 760. The normalized spacial score (nSPS) is 24.9. The average Bonchev–Trinajstić information content (AvgIpc) is 2.65. The van der Waals surface area contributed by atoms with Gasteiger partial charge in [0.2, 0.25) is 0 Å². The zero-order valence-electron chi connectivity index (χ0n) is 13.8. The van der Waals surface area contributed by atoms with Crippen molar-refractivity contribution in [3.8, 4) is 0 Å². The minimum absolute atomic E-state index is 0.0229. The molecule has 1 unspecified atom stereocenters. The van der Waals surface area contributed by atoms with Gasteiger partial charge in [0, 0.05) is 34.1 Å². The Labute approximate surface area is 157 Å². The molecular weight excluding hydrogens is 354 g/mol. The van der Waals surface area contributed by atoms with E-state index in [0.717, 1.165) is 16.3 Å². The van der Waals surface area contributed by atoms with E-state index < -0.39 is 0 Å². The van der Waals surface area contributed by atoms with Crippen LogP contribution in [0.5, 0.6) is 0 Å². The lowest BCUT2D eigenvalue weighted by molar-refractivity contribution is 0.0620. The summed E-state index contributed by atoms with van der Waals surface area (Å²) in [5, 5.41) is 3.72. The summed E-state index contributed by atoms with van der Waals surface area (Å²) >= 11 is 7.64. The smallest absolute Gasteiger partial charge is 0.251 e. The van der Waals surface area contributed by atoms with Crippen molar-refractivity contribution >= 4 is 29.3 Å². The Balaban J connectivity index is 1.40. The second-order valence-corrected chi connectivity index (χ2v) is 8.11. The first-order chi connectivity index (χ1) is 12.2. The first-order valence-corrected chi connectivity index (χ1v) is 9.80. The maximum atomic E-state index is 12.5. The first kappa shape index (κ1) is 16.9. The van der Waals surface area contributed by atoms with Crippen LogP contribution in [0.4, 0.5) is 0 Å². The maximum Gasteiger partial charge on any atom is 0.251 e. The third kappa shape index (κ3) is 3.84. The number of hydrogen-bond acceptors (Lipinski definition) is 4. The third-order valence-electron chi connectivity index (χ3n) is 5.04. The largest absolute Gasteiger partial charge is 0.348 e. The SMILES string of the molecule is O=C(NC1CN2CCC1CC2)c1ccc(Sc2cccnc2Cl)cc1. The molecule has 2 bridgehead atoms. The number of nitrogens with one attached hydrogen (secondary N) is 1. The number of amides is 1. The van der Waals surface area contributed by atoms with Crippen LogP contribution >= 0.6 is 23.4 Å². The van der Waals surface area contributed by atoms with E-state index in [-0.39, 0.29) is 5.91 Å². The number of carbonyl (C=O) groups excluding carboxylic acids is 1. The van der Waals surface area contributed by atoms with E-state index in [9.17, 15) is 4.79 Å². The number of rotatable bonds is 4. The summed E-state index contributed by atoms with van der Waals surface area (Å²) < 4.78 is 0. The van der Waals surface area contributed by atoms with Crippen LogP contribution in [0.2, 0.25) is 5.15 Å². The zero-order valence-corrected chi connectivity index (χ0v) is 15.4. The minimum atomic E-state index is 0.0229. The molecule has 3 saturated heterocycles. The molecule has 1 aromatic carbocycles. The molecule has 0 spiro atoms. The predicted molar refractivity (Wildman–Crippen MR) is 100 cm³/mol. The molecule has 0 aliphatic carbocycles. The number of piperidine rings is 3. The topological polar surface area (TPSA) is 45.2 Å². The molecule has 0 radical (unpaired) electrons. The summed E-state index contributed by atoms with van der Waals surface area (Å²) in [6.45, 7) is 3.35. The fourth-order valence-electron chi connectivity index (χ4n) is 3.63. The average molecular weight is 374 g/mol. The molecule has 1 N–H and O–H groups in total. The highest BCUT2D eigenvalue weighted by Crippen LogP contribution is 2.32. The summed E-state index contributed by atoms with van der Waals surface area (Å²) in [5.41, 5.74) is 0.707. The number of fused-ring (bicyclic) bond motifs is 3. The van der Waals surface area contributed by atoms with Crippen molar-refractivity contribution < 1.29 is 4.79 Å². The molecule has 1 atom stereocenters. The Hall–Kier alpha value is -1.56. The molecule has 0 saturated carbocycles. The van der Waals surface area contributed by atoms with Crippen molar-refractivity contribution in [2.75, 3.05) is 19.6 Å². The highest BCUT2D eigenvalue weighted by Gasteiger charge is 2.34. The van der Waals surface area contributed by atoms with E-state index in [4.69, 9.17) is 11.6 Å². The number of nitrogens with zero attached hydrogens (tertiary/aromatic N) is 2. The van der Waals surface area contributed by atoms with Gasteiger partial charge in [0.1, 0.15) is 5.15 Å². The van der Waals surface area contributed by atoms with Crippen molar-refractivity contribution in [3.63, 3.8) is 0 Å². The number of benzene rings is 1. The van der Waals surface area contributed by atoms with Gasteiger partial charge in [0.25, 0.3) is 5.91 Å². The minimum Gasteiger partial charge on any atom is -0.348 e. The van der Waals surface area contributed by atoms with E-state index in [1.807, 2.05) is 36.4 Å². The van der Waals surface area contributed by atoms with Gasteiger partial charge in [-0.25, -0.2) is 4.98 Å². The first-order valence-electron chi connectivity index (χ1n) is 8.61. The van der Waals surface area contributed by atoms with Crippen LogP contribution in [0.1, 0.15) is 23.2 Å². The van der Waals surface area contributed by atoms with Crippen LogP contribution in [0, 0.1) is 5.92 Å². The molecule has 3 aliphatic heterocycles. The Morgan fingerprint density at radius 2 is 1.96 bits per heavy atom. The molecule has 3 fully saturated rings. The highest BCUT2D eigenvalue weighted by molar-refractivity contribution is 7.99. The quantitative estimate of drug-likeness (QED) is 0.830. The van der Waals surface area contributed by atoms with Gasteiger partial charge in [0.15, 0.2) is 0 Å². The zero-order chi connectivity index (χ0) is 17.2. The number of aromatic nitrogens is 1. The van der Waals surface area contributed by atoms with Crippen LogP contribution in [0.3, 0.4) is 0 Å². The molecular formula is C19H20ClN3OS. The van der Waals surface area contributed by atoms with Gasteiger partial charge < -0.3 is 10.2 Å². The molecule has 5 rings (SSSR count). The van der Waals surface area contributed by atoms with Crippen molar-refractivity contribution in [2.24, 2.45) is 5.92 Å². The number of carbonyl (C=O) groups is 1. The Morgan fingerprint density at radius 1 is 1.20 bits per heavy atom. The van der Waals surface area contributed by atoms with Gasteiger partial charge in [-0.3, -0.25) is 4.79 Å². The van der Waals surface area contributed by atoms with E-state index in [1.165, 1.54) is 25.9 Å². The standard InChI is InChI=1S/C19H20ClN3OS/c20-18-17(2-1-9-21-18)25-15-5-3-14(4-6-15)19(24)22-16-12-23-10-7-13(16)8-11-23/h1-6,9,13,16H,7-8,10-12H2,(H,22,24).